The SMILES string of the molecule is Br.CN1C(=NC2CCCCCC2)SCC1N(C=O)c1cc(Cl)ccc1F. The maximum atomic E-state index is 14.2. The first-order chi connectivity index (χ1) is 12.1. The van der Waals surface area contributed by atoms with Crippen LogP contribution in [0.5, 0.6) is 0 Å². The molecule has 0 N–H and O–H groups in total. The van der Waals surface area contributed by atoms with Gasteiger partial charge in [-0.3, -0.25) is 14.7 Å². The first kappa shape index (κ1) is 21.5. The quantitative estimate of drug-likeness (QED) is 0.459. The summed E-state index contributed by atoms with van der Waals surface area (Å²) in [6.45, 7) is 0. The Bertz CT molecular complexity index is 655. The molecule has 0 bridgehead atoms. The number of rotatable bonds is 4. The zero-order valence-corrected chi connectivity index (χ0v) is 18.0. The van der Waals surface area contributed by atoms with Crippen LogP contribution in [0.3, 0.4) is 0 Å². The highest BCUT2D eigenvalue weighted by molar-refractivity contribution is 8.93. The monoisotopic (exact) mass is 463 g/mol. The molecule has 0 radical (unpaired) electrons. The number of carbonyl (C=O) groups is 1. The lowest BCUT2D eigenvalue weighted by atomic mass is 10.1. The van der Waals surface area contributed by atoms with Gasteiger partial charge in [-0.2, -0.15) is 0 Å². The highest BCUT2D eigenvalue weighted by Gasteiger charge is 2.34. The van der Waals surface area contributed by atoms with Crippen LogP contribution in [0.2, 0.25) is 5.02 Å². The Labute approximate surface area is 173 Å². The molecule has 1 aromatic rings. The van der Waals surface area contributed by atoms with Gasteiger partial charge in [-0.15, -0.1) is 17.0 Å². The lowest BCUT2D eigenvalue weighted by molar-refractivity contribution is -0.108. The zero-order valence-electron chi connectivity index (χ0n) is 14.7. The van der Waals surface area contributed by atoms with Crippen molar-refractivity contribution in [2.24, 2.45) is 4.99 Å². The molecule has 1 amide bonds. The molecule has 26 heavy (non-hydrogen) atoms. The van der Waals surface area contributed by atoms with Gasteiger partial charge in [0.1, 0.15) is 12.0 Å². The minimum Gasteiger partial charge on any atom is -0.333 e. The van der Waals surface area contributed by atoms with E-state index in [4.69, 9.17) is 16.6 Å². The average molecular weight is 465 g/mol. The minimum atomic E-state index is -0.455. The predicted molar refractivity (Wildman–Crippen MR) is 113 cm³/mol. The maximum absolute atomic E-state index is 14.2. The van der Waals surface area contributed by atoms with Crippen LogP contribution in [0.15, 0.2) is 23.2 Å². The van der Waals surface area contributed by atoms with E-state index in [0.717, 1.165) is 18.0 Å². The van der Waals surface area contributed by atoms with Crippen LogP contribution in [0, 0.1) is 5.82 Å². The van der Waals surface area contributed by atoms with Gasteiger partial charge in [0, 0.05) is 17.8 Å². The Kier molecular flexibility index (Phi) is 8.23. The van der Waals surface area contributed by atoms with E-state index < -0.39 is 5.82 Å². The van der Waals surface area contributed by atoms with Crippen LogP contribution in [0.4, 0.5) is 10.1 Å². The van der Waals surface area contributed by atoms with Gasteiger partial charge in [0.2, 0.25) is 6.41 Å². The number of thioether (sulfide) groups is 1. The highest BCUT2D eigenvalue weighted by Crippen LogP contribution is 2.32. The van der Waals surface area contributed by atoms with E-state index in [0.29, 0.717) is 23.2 Å². The molecule has 1 atom stereocenters. The molecule has 1 heterocycles. The van der Waals surface area contributed by atoms with Crippen molar-refractivity contribution in [1.29, 1.82) is 0 Å². The summed E-state index contributed by atoms with van der Waals surface area (Å²) in [5.74, 6) is 0.205. The van der Waals surface area contributed by atoms with Gasteiger partial charge in [0.15, 0.2) is 5.17 Å². The van der Waals surface area contributed by atoms with E-state index in [2.05, 4.69) is 0 Å². The Morgan fingerprint density at radius 2 is 2.00 bits per heavy atom. The minimum absolute atomic E-state index is 0. The molecule has 1 saturated heterocycles. The number of hydrogen-bond acceptors (Lipinski definition) is 3. The number of amides is 1. The molecule has 3 rings (SSSR count). The molecular weight excluding hydrogens is 441 g/mol. The number of halogens is 3. The summed E-state index contributed by atoms with van der Waals surface area (Å²) in [5, 5.41) is 1.34. The van der Waals surface area contributed by atoms with Gasteiger partial charge in [-0.05, 0) is 31.0 Å². The van der Waals surface area contributed by atoms with Gasteiger partial charge in [-0.25, -0.2) is 4.39 Å². The van der Waals surface area contributed by atoms with E-state index in [-0.39, 0.29) is 28.8 Å². The molecule has 0 spiro atoms. The fourth-order valence-electron chi connectivity index (χ4n) is 3.40. The molecule has 1 aliphatic carbocycles. The third kappa shape index (κ3) is 4.93. The van der Waals surface area contributed by atoms with Crippen LogP contribution in [-0.4, -0.2) is 41.5 Å². The average Bonchev–Trinajstić information content (AvgIpc) is 2.80. The molecule has 1 aliphatic heterocycles. The summed E-state index contributed by atoms with van der Waals surface area (Å²) in [6, 6.07) is 4.62. The summed E-state index contributed by atoms with van der Waals surface area (Å²) in [5.41, 5.74) is 0.204. The van der Waals surface area contributed by atoms with Gasteiger partial charge in [0.05, 0.1) is 11.7 Å². The normalized spacial score (nSPS) is 22.8. The van der Waals surface area contributed by atoms with Crippen LogP contribution in [-0.2, 0) is 4.79 Å². The molecule has 1 unspecified atom stereocenters. The second-order valence-corrected chi connectivity index (χ2v) is 7.99. The molecule has 1 aromatic carbocycles. The molecule has 2 fully saturated rings. The summed E-state index contributed by atoms with van der Waals surface area (Å²) in [6.07, 6.45) is 7.71. The van der Waals surface area contributed by atoms with Crippen molar-refractivity contribution in [3.63, 3.8) is 0 Å². The first-order valence-electron chi connectivity index (χ1n) is 8.72. The second-order valence-electron chi connectivity index (χ2n) is 6.57. The van der Waals surface area contributed by atoms with Crippen molar-refractivity contribution in [3.05, 3.63) is 29.0 Å². The molecule has 144 valence electrons. The number of amidine groups is 1. The van der Waals surface area contributed by atoms with Crippen molar-refractivity contribution in [3.8, 4) is 0 Å². The zero-order chi connectivity index (χ0) is 17.8. The highest BCUT2D eigenvalue weighted by atomic mass is 79.9. The maximum Gasteiger partial charge on any atom is 0.215 e. The lowest BCUT2D eigenvalue weighted by Crippen LogP contribution is -2.45. The van der Waals surface area contributed by atoms with Gasteiger partial charge >= 0.3 is 0 Å². The number of anilines is 1. The Morgan fingerprint density at radius 1 is 1.31 bits per heavy atom. The van der Waals surface area contributed by atoms with Crippen LogP contribution in [0.25, 0.3) is 0 Å². The van der Waals surface area contributed by atoms with Gasteiger partial charge in [-0.1, -0.05) is 49.0 Å². The van der Waals surface area contributed by atoms with Crippen molar-refractivity contribution in [2.45, 2.75) is 50.7 Å². The fraction of sp³-hybridized carbons (Fsp3) is 0.556. The molecular formula is C18H24BrClFN3OS. The molecule has 8 heteroatoms. The van der Waals surface area contributed by atoms with Crippen LogP contribution >= 0.6 is 40.3 Å². The number of benzene rings is 1. The summed E-state index contributed by atoms with van der Waals surface area (Å²) in [7, 11) is 1.92. The van der Waals surface area contributed by atoms with Gasteiger partial charge < -0.3 is 4.90 Å². The third-order valence-electron chi connectivity index (χ3n) is 4.85. The number of aliphatic imine (C=N–C) groups is 1. The van der Waals surface area contributed by atoms with Crippen molar-refractivity contribution >= 4 is 57.6 Å². The largest absolute Gasteiger partial charge is 0.333 e. The first-order valence-corrected chi connectivity index (χ1v) is 10.1. The van der Waals surface area contributed by atoms with E-state index in [9.17, 15) is 9.18 Å². The van der Waals surface area contributed by atoms with Crippen molar-refractivity contribution in [1.82, 2.24) is 4.90 Å². The van der Waals surface area contributed by atoms with E-state index in [1.165, 1.54) is 48.8 Å². The van der Waals surface area contributed by atoms with Crippen LogP contribution in [0.1, 0.15) is 38.5 Å². The van der Waals surface area contributed by atoms with E-state index in [1.54, 1.807) is 11.8 Å². The van der Waals surface area contributed by atoms with Gasteiger partial charge in [0.25, 0.3) is 0 Å². The smallest absolute Gasteiger partial charge is 0.215 e. The Balaban J connectivity index is 0.00000243. The Morgan fingerprint density at radius 3 is 2.65 bits per heavy atom. The third-order valence-corrected chi connectivity index (χ3v) is 6.20. The molecule has 0 aromatic heterocycles. The molecule has 2 aliphatic rings. The van der Waals surface area contributed by atoms with E-state index >= 15 is 0 Å². The summed E-state index contributed by atoms with van der Waals surface area (Å²) in [4.78, 5) is 20.0. The number of hydrogen-bond donors (Lipinski definition) is 0. The summed E-state index contributed by atoms with van der Waals surface area (Å²) >= 11 is 7.61. The second kappa shape index (κ2) is 9.95. The molecule has 1 saturated carbocycles. The Hall–Kier alpha value is -0.790. The summed E-state index contributed by atoms with van der Waals surface area (Å²) < 4.78 is 14.2. The topological polar surface area (TPSA) is 35.9 Å². The number of carbonyl (C=O) groups excluding carboxylic acids is 1. The van der Waals surface area contributed by atoms with E-state index in [1.807, 2.05) is 11.9 Å². The lowest BCUT2D eigenvalue weighted by Gasteiger charge is -2.31. The van der Waals surface area contributed by atoms with Crippen molar-refractivity contribution < 1.29 is 9.18 Å². The molecule has 4 nitrogen and oxygen atoms in total. The number of nitrogens with zero attached hydrogens (tertiary/aromatic N) is 3. The fourth-order valence-corrected chi connectivity index (χ4v) is 4.80. The standard InChI is InChI=1S/C18H23ClFN3OS.BrH/c1-22-17(23(12-24)16-10-13(19)8-9-15(16)20)11-25-18(22)21-14-6-4-2-3-5-7-14;/h8-10,12,14,17H,2-7,11H2,1H3;1H. The predicted octanol–water partition coefficient (Wildman–Crippen LogP) is 5.10. The van der Waals surface area contributed by atoms with Crippen molar-refractivity contribution in [2.75, 3.05) is 17.7 Å². The van der Waals surface area contributed by atoms with Crippen LogP contribution < -0.4 is 4.90 Å².